The Kier molecular flexibility index (Phi) is 6.37. The number of hydrogen-bond donors (Lipinski definition) is 3. The molecular formula is C23H22N4O2. The van der Waals surface area contributed by atoms with E-state index in [1.807, 2.05) is 42.5 Å². The van der Waals surface area contributed by atoms with Crippen LogP contribution >= 0.6 is 0 Å². The Morgan fingerprint density at radius 1 is 0.897 bits per heavy atom. The molecule has 0 radical (unpaired) electrons. The summed E-state index contributed by atoms with van der Waals surface area (Å²) in [7, 11) is 0. The van der Waals surface area contributed by atoms with E-state index in [-0.39, 0.29) is 11.8 Å². The van der Waals surface area contributed by atoms with Crippen LogP contribution in [0.25, 0.3) is 0 Å². The van der Waals surface area contributed by atoms with E-state index in [9.17, 15) is 9.59 Å². The van der Waals surface area contributed by atoms with Crippen molar-refractivity contribution in [2.45, 2.75) is 13.3 Å². The fourth-order valence-electron chi connectivity index (χ4n) is 2.74. The average Bonchev–Trinajstić information content (AvgIpc) is 2.73. The lowest BCUT2D eigenvalue weighted by Gasteiger charge is -2.08. The summed E-state index contributed by atoms with van der Waals surface area (Å²) >= 11 is 0. The van der Waals surface area contributed by atoms with E-state index < -0.39 is 0 Å². The first-order valence-electron chi connectivity index (χ1n) is 9.16. The van der Waals surface area contributed by atoms with E-state index >= 15 is 0 Å². The topological polar surface area (TPSA) is 96.6 Å². The van der Waals surface area contributed by atoms with E-state index in [0.717, 1.165) is 11.1 Å². The summed E-state index contributed by atoms with van der Waals surface area (Å²) in [6, 6.07) is 23.6. The first kappa shape index (κ1) is 19.8. The van der Waals surface area contributed by atoms with Gasteiger partial charge >= 0.3 is 0 Å². The molecular weight excluding hydrogens is 364 g/mol. The van der Waals surface area contributed by atoms with Crippen molar-refractivity contribution in [3.63, 3.8) is 0 Å². The van der Waals surface area contributed by atoms with E-state index in [4.69, 9.17) is 5.73 Å². The Bertz CT molecular complexity index is 1030. The minimum atomic E-state index is -0.368. The number of amides is 2. The largest absolute Gasteiger partial charge is 0.398 e. The number of carbonyl (C=O) groups excluding carboxylic acids is 2. The lowest BCUT2D eigenvalue weighted by Crippen LogP contribution is -2.20. The molecule has 4 N–H and O–H groups in total. The molecule has 3 aromatic carbocycles. The standard InChI is InChI=1S/C23H22N4O2/c1-16(26-27-23(29)20-9-5-6-10-21(20)24)18-11-13-19(14-12-18)25-22(28)15-17-7-3-2-4-8-17/h2-14H,15,24H2,1H3,(H,25,28)(H,27,29)/b26-16-. The molecule has 0 bridgehead atoms. The van der Waals surface area contributed by atoms with Gasteiger partial charge in [-0.25, -0.2) is 5.43 Å². The van der Waals surface area contributed by atoms with Crippen LogP contribution in [-0.2, 0) is 11.2 Å². The van der Waals surface area contributed by atoms with Gasteiger partial charge in [0.25, 0.3) is 5.91 Å². The van der Waals surface area contributed by atoms with Gasteiger partial charge in [0.05, 0.1) is 17.7 Å². The van der Waals surface area contributed by atoms with Crippen LogP contribution in [0.4, 0.5) is 11.4 Å². The maximum atomic E-state index is 12.2. The zero-order chi connectivity index (χ0) is 20.6. The Labute approximate surface area is 169 Å². The number of carbonyl (C=O) groups is 2. The van der Waals surface area contributed by atoms with E-state index in [1.165, 1.54) is 0 Å². The van der Waals surface area contributed by atoms with Gasteiger partial charge < -0.3 is 11.1 Å². The minimum absolute atomic E-state index is 0.0814. The Hall–Kier alpha value is -3.93. The highest BCUT2D eigenvalue weighted by Crippen LogP contribution is 2.12. The van der Waals surface area contributed by atoms with Crippen LogP contribution in [0.5, 0.6) is 0 Å². The summed E-state index contributed by atoms with van der Waals surface area (Å²) < 4.78 is 0. The molecule has 0 spiro atoms. The summed E-state index contributed by atoms with van der Waals surface area (Å²) in [5.74, 6) is -0.450. The predicted octanol–water partition coefficient (Wildman–Crippen LogP) is 3.60. The van der Waals surface area contributed by atoms with Gasteiger partial charge in [-0.05, 0) is 42.3 Å². The molecule has 0 aliphatic heterocycles. The number of nitrogens with two attached hydrogens (primary N) is 1. The molecule has 0 aliphatic carbocycles. The number of para-hydroxylation sites is 1. The Morgan fingerprint density at radius 2 is 1.55 bits per heavy atom. The van der Waals surface area contributed by atoms with Crippen LogP contribution in [-0.4, -0.2) is 17.5 Å². The quantitative estimate of drug-likeness (QED) is 0.343. The highest BCUT2D eigenvalue weighted by atomic mass is 16.2. The maximum Gasteiger partial charge on any atom is 0.273 e. The molecule has 0 saturated carbocycles. The second-order valence-electron chi connectivity index (χ2n) is 6.51. The number of hydrogen-bond acceptors (Lipinski definition) is 4. The molecule has 6 heteroatoms. The van der Waals surface area contributed by atoms with Gasteiger partial charge in [-0.15, -0.1) is 0 Å². The summed E-state index contributed by atoms with van der Waals surface area (Å²) in [5, 5.41) is 7.00. The van der Waals surface area contributed by atoms with Crippen molar-refractivity contribution in [3.8, 4) is 0 Å². The monoisotopic (exact) mass is 386 g/mol. The number of nitrogen functional groups attached to an aromatic ring is 1. The smallest absolute Gasteiger partial charge is 0.273 e. The lowest BCUT2D eigenvalue weighted by atomic mass is 10.1. The third kappa shape index (κ3) is 5.52. The first-order valence-corrected chi connectivity index (χ1v) is 9.16. The summed E-state index contributed by atoms with van der Waals surface area (Å²) in [4.78, 5) is 24.3. The molecule has 3 aromatic rings. The van der Waals surface area contributed by atoms with Gasteiger partial charge in [-0.3, -0.25) is 9.59 Å². The number of nitrogens with zero attached hydrogens (tertiary/aromatic N) is 1. The number of anilines is 2. The molecule has 0 fully saturated rings. The SMILES string of the molecule is C/C(=N/NC(=O)c1ccccc1N)c1ccc(NC(=O)Cc2ccccc2)cc1. The third-order valence-electron chi connectivity index (χ3n) is 4.32. The normalized spacial score (nSPS) is 11.0. The highest BCUT2D eigenvalue weighted by Gasteiger charge is 2.08. The molecule has 0 saturated heterocycles. The number of rotatable bonds is 6. The molecule has 2 amide bonds. The van der Waals surface area contributed by atoms with Crippen molar-refractivity contribution in [1.82, 2.24) is 5.43 Å². The van der Waals surface area contributed by atoms with Crippen LogP contribution < -0.4 is 16.5 Å². The minimum Gasteiger partial charge on any atom is -0.398 e. The van der Waals surface area contributed by atoms with Crippen molar-refractivity contribution in [2.75, 3.05) is 11.1 Å². The van der Waals surface area contributed by atoms with Gasteiger partial charge in [0.1, 0.15) is 0 Å². The summed E-state index contributed by atoms with van der Waals surface area (Å²) in [6.07, 6.45) is 0.317. The van der Waals surface area contributed by atoms with Crippen molar-refractivity contribution < 1.29 is 9.59 Å². The second-order valence-corrected chi connectivity index (χ2v) is 6.51. The molecule has 0 aromatic heterocycles. The summed E-state index contributed by atoms with van der Waals surface area (Å²) in [6.45, 7) is 1.79. The molecule has 0 atom stereocenters. The van der Waals surface area contributed by atoms with Crippen molar-refractivity contribution in [1.29, 1.82) is 0 Å². The number of hydrazone groups is 1. The maximum absolute atomic E-state index is 12.2. The van der Waals surface area contributed by atoms with Gasteiger partial charge in [-0.2, -0.15) is 5.10 Å². The van der Waals surface area contributed by atoms with Crippen molar-refractivity contribution in [2.24, 2.45) is 5.10 Å². The average molecular weight is 386 g/mol. The number of nitrogens with one attached hydrogen (secondary N) is 2. The van der Waals surface area contributed by atoms with Crippen LogP contribution in [0, 0.1) is 0 Å². The number of benzene rings is 3. The van der Waals surface area contributed by atoms with Crippen molar-refractivity contribution >= 4 is 28.9 Å². The van der Waals surface area contributed by atoms with E-state index in [2.05, 4.69) is 15.8 Å². The fraction of sp³-hybridized carbons (Fsp3) is 0.0870. The molecule has 0 heterocycles. The van der Waals surface area contributed by atoms with Crippen LogP contribution in [0.3, 0.4) is 0 Å². The molecule has 0 aliphatic rings. The van der Waals surface area contributed by atoms with E-state index in [1.54, 1.807) is 43.3 Å². The molecule has 29 heavy (non-hydrogen) atoms. The fourth-order valence-corrected chi connectivity index (χ4v) is 2.74. The van der Waals surface area contributed by atoms with Crippen LogP contribution in [0.1, 0.15) is 28.4 Å². The molecule has 6 nitrogen and oxygen atoms in total. The second kappa shape index (κ2) is 9.32. The zero-order valence-electron chi connectivity index (χ0n) is 16.1. The summed E-state index contributed by atoms with van der Waals surface area (Å²) in [5.41, 5.74) is 12.2. The van der Waals surface area contributed by atoms with Gasteiger partial charge in [0.2, 0.25) is 5.91 Å². The van der Waals surface area contributed by atoms with E-state index in [0.29, 0.717) is 29.1 Å². The Morgan fingerprint density at radius 3 is 2.24 bits per heavy atom. The van der Waals surface area contributed by atoms with Crippen LogP contribution in [0.15, 0.2) is 84.0 Å². The highest BCUT2D eigenvalue weighted by molar-refractivity contribution is 6.02. The van der Waals surface area contributed by atoms with Crippen molar-refractivity contribution in [3.05, 3.63) is 95.6 Å². The van der Waals surface area contributed by atoms with Gasteiger partial charge in [0, 0.05) is 11.4 Å². The first-order chi connectivity index (χ1) is 14.0. The lowest BCUT2D eigenvalue weighted by molar-refractivity contribution is -0.115. The zero-order valence-corrected chi connectivity index (χ0v) is 16.1. The molecule has 0 unspecified atom stereocenters. The molecule has 3 rings (SSSR count). The Balaban J connectivity index is 1.59. The van der Waals surface area contributed by atoms with Crippen LogP contribution in [0.2, 0.25) is 0 Å². The third-order valence-corrected chi connectivity index (χ3v) is 4.32. The van der Waals surface area contributed by atoms with Gasteiger partial charge in [0.15, 0.2) is 0 Å². The molecule has 146 valence electrons. The van der Waals surface area contributed by atoms with Gasteiger partial charge in [-0.1, -0.05) is 54.6 Å². The predicted molar refractivity (Wildman–Crippen MR) is 116 cm³/mol.